The summed E-state index contributed by atoms with van der Waals surface area (Å²) in [6.07, 6.45) is 3.10. The van der Waals surface area contributed by atoms with Crippen LogP contribution < -0.4 is 5.32 Å². The fourth-order valence-electron chi connectivity index (χ4n) is 5.07. The van der Waals surface area contributed by atoms with Gasteiger partial charge in [0, 0.05) is 43.6 Å². The molecule has 4 rings (SSSR count). The van der Waals surface area contributed by atoms with Gasteiger partial charge >= 0.3 is 0 Å². The molecule has 31 heavy (non-hydrogen) atoms. The van der Waals surface area contributed by atoms with E-state index in [1.54, 1.807) is 25.1 Å². The molecule has 2 N–H and O–H groups in total. The summed E-state index contributed by atoms with van der Waals surface area (Å²) in [5, 5.41) is 13.1. The summed E-state index contributed by atoms with van der Waals surface area (Å²) in [5.74, 6) is -1.82. The Morgan fingerprint density at radius 2 is 1.74 bits per heavy atom. The van der Waals surface area contributed by atoms with Gasteiger partial charge in [-0.2, -0.15) is 0 Å². The van der Waals surface area contributed by atoms with Gasteiger partial charge in [-0.1, -0.05) is 24.3 Å². The number of phenolic OH excluding ortho intramolecular Hbond substituents is 1. The monoisotopic (exact) mass is 424 g/mol. The molecule has 0 radical (unpaired) electrons. The molecule has 2 aromatic carbocycles. The van der Waals surface area contributed by atoms with E-state index in [4.69, 9.17) is 0 Å². The standard InChI is InChI=1S/C25H29FN2O3/c1-16-19(9-6-10-22(16)26)23-20(24(30)17-7-5-8-18(29)13-17)14-27-15-21(23)25(31)28-11-3-2-4-12-28/h5-10,13,20-21,23,27,29H,2-4,11-12,14-15H2,1H3. The quantitative estimate of drug-likeness (QED) is 0.735. The van der Waals surface area contributed by atoms with E-state index in [2.05, 4.69) is 5.32 Å². The molecule has 3 atom stereocenters. The van der Waals surface area contributed by atoms with Gasteiger partial charge in [0.15, 0.2) is 5.78 Å². The van der Waals surface area contributed by atoms with Crippen LogP contribution in [-0.2, 0) is 4.79 Å². The Bertz CT molecular complexity index is 971. The molecular formula is C25H29FN2O3. The van der Waals surface area contributed by atoms with Gasteiger partial charge in [0.05, 0.1) is 5.92 Å². The molecular weight excluding hydrogens is 395 g/mol. The van der Waals surface area contributed by atoms with Crippen LogP contribution in [-0.4, -0.2) is 47.9 Å². The number of piperidine rings is 2. The first kappa shape index (κ1) is 21.5. The molecule has 2 aliphatic heterocycles. The third kappa shape index (κ3) is 4.35. The van der Waals surface area contributed by atoms with Gasteiger partial charge in [-0.05, 0) is 55.5 Å². The van der Waals surface area contributed by atoms with E-state index < -0.39 is 17.8 Å². The summed E-state index contributed by atoms with van der Waals surface area (Å²) in [6.45, 7) is 4.04. The third-order valence-electron chi connectivity index (χ3n) is 6.72. The van der Waals surface area contributed by atoms with Gasteiger partial charge in [-0.15, -0.1) is 0 Å². The lowest BCUT2D eigenvalue weighted by Gasteiger charge is -2.41. The fraction of sp³-hybridized carbons (Fsp3) is 0.440. The number of nitrogens with zero attached hydrogens (tertiary/aromatic N) is 1. The molecule has 2 aromatic rings. The van der Waals surface area contributed by atoms with Gasteiger partial charge in [0.1, 0.15) is 11.6 Å². The predicted molar refractivity (Wildman–Crippen MR) is 117 cm³/mol. The van der Waals surface area contributed by atoms with Crippen LogP contribution in [0.2, 0.25) is 0 Å². The number of halogens is 1. The minimum absolute atomic E-state index is 0.0223. The van der Waals surface area contributed by atoms with Gasteiger partial charge < -0.3 is 15.3 Å². The molecule has 0 aliphatic carbocycles. The zero-order chi connectivity index (χ0) is 22.0. The summed E-state index contributed by atoms with van der Waals surface area (Å²) in [6, 6.07) is 11.2. The number of aromatic hydroxyl groups is 1. The molecule has 0 saturated carbocycles. The Morgan fingerprint density at radius 3 is 2.48 bits per heavy atom. The molecule has 6 heteroatoms. The van der Waals surface area contributed by atoms with Crippen molar-refractivity contribution in [3.63, 3.8) is 0 Å². The van der Waals surface area contributed by atoms with Crippen molar-refractivity contribution in [2.75, 3.05) is 26.2 Å². The number of rotatable bonds is 4. The molecule has 3 unspecified atom stereocenters. The van der Waals surface area contributed by atoms with Crippen molar-refractivity contribution in [1.29, 1.82) is 0 Å². The first-order valence-corrected chi connectivity index (χ1v) is 11.0. The molecule has 0 spiro atoms. The first-order chi connectivity index (χ1) is 15.0. The number of benzene rings is 2. The van der Waals surface area contributed by atoms with E-state index in [1.165, 1.54) is 18.2 Å². The number of carbonyl (C=O) groups excluding carboxylic acids is 2. The molecule has 2 fully saturated rings. The van der Waals surface area contributed by atoms with E-state index in [0.29, 0.717) is 24.2 Å². The maximum absolute atomic E-state index is 14.5. The van der Waals surface area contributed by atoms with Crippen molar-refractivity contribution in [1.82, 2.24) is 10.2 Å². The molecule has 164 valence electrons. The number of amides is 1. The maximum Gasteiger partial charge on any atom is 0.227 e. The lowest BCUT2D eigenvalue weighted by atomic mass is 9.70. The van der Waals surface area contributed by atoms with Crippen LogP contribution in [0.3, 0.4) is 0 Å². The van der Waals surface area contributed by atoms with Gasteiger partial charge in [-0.25, -0.2) is 4.39 Å². The van der Waals surface area contributed by atoms with E-state index in [-0.39, 0.29) is 23.3 Å². The van der Waals surface area contributed by atoms with Crippen LogP contribution in [0.1, 0.15) is 46.7 Å². The summed E-state index contributed by atoms with van der Waals surface area (Å²) in [7, 11) is 0. The van der Waals surface area contributed by atoms with Crippen LogP contribution in [0, 0.1) is 24.6 Å². The number of phenols is 1. The predicted octanol–water partition coefficient (Wildman–Crippen LogP) is 3.65. The SMILES string of the molecule is Cc1c(F)cccc1C1C(C(=O)c2cccc(O)c2)CNCC1C(=O)N1CCCCC1. The average Bonchev–Trinajstić information content (AvgIpc) is 2.80. The highest BCUT2D eigenvalue weighted by molar-refractivity contribution is 5.99. The van der Waals surface area contributed by atoms with Gasteiger partial charge in [0.25, 0.3) is 0 Å². The third-order valence-corrected chi connectivity index (χ3v) is 6.72. The van der Waals surface area contributed by atoms with Crippen LogP contribution in [0.5, 0.6) is 5.75 Å². The number of ketones is 1. The second-order valence-electron chi connectivity index (χ2n) is 8.65. The van der Waals surface area contributed by atoms with E-state index in [9.17, 15) is 19.1 Å². The highest BCUT2D eigenvalue weighted by atomic mass is 19.1. The number of carbonyl (C=O) groups is 2. The lowest BCUT2D eigenvalue weighted by molar-refractivity contribution is -0.138. The molecule has 0 bridgehead atoms. The van der Waals surface area contributed by atoms with E-state index >= 15 is 0 Å². The summed E-state index contributed by atoms with van der Waals surface area (Å²) < 4.78 is 14.5. The molecule has 2 aliphatic rings. The number of hydrogen-bond donors (Lipinski definition) is 2. The Kier molecular flexibility index (Phi) is 6.37. The molecule has 5 nitrogen and oxygen atoms in total. The summed E-state index contributed by atoms with van der Waals surface area (Å²) in [5.41, 5.74) is 1.60. The smallest absolute Gasteiger partial charge is 0.227 e. The highest BCUT2D eigenvalue weighted by Crippen LogP contribution is 2.40. The van der Waals surface area contributed by atoms with Crippen LogP contribution in [0.25, 0.3) is 0 Å². The highest BCUT2D eigenvalue weighted by Gasteiger charge is 2.44. The Morgan fingerprint density at radius 1 is 1.03 bits per heavy atom. The maximum atomic E-state index is 14.5. The summed E-state index contributed by atoms with van der Waals surface area (Å²) in [4.78, 5) is 28.9. The normalized spacial score (nSPS) is 24.1. The van der Waals surface area contributed by atoms with Crippen molar-refractivity contribution in [3.05, 3.63) is 65.0 Å². The van der Waals surface area contributed by atoms with Crippen molar-refractivity contribution >= 4 is 11.7 Å². The van der Waals surface area contributed by atoms with E-state index in [1.807, 2.05) is 11.0 Å². The van der Waals surface area contributed by atoms with Crippen molar-refractivity contribution < 1.29 is 19.1 Å². The molecule has 1 amide bonds. The first-order valence-electron chi connectivity index (χ1n) is 11.0. The minimum atomic E-state index is -0.533. The van der Waals surface area contributed by atoms with Crippen molar-refractivity contribution in [2.45, 2.75) is 32.1 Å². The van der Waals surface area contributed by atoms with Gasteiger partial charge in [-0.3, -0.25) is 9.59 Å². The number of hydrogen-bond acceptors (Lipinski definition) is 4. The topological polar surface area (TPSA) is 69.6 Å². The Labute approximate surface area is 182 Å². The second-order valence-corrected chi connectivity index (χ2v) is 8.65. The number of Topliss-reactive ketones (excluding diaryl/α,β-unsaturated/α-hetero) is 1. The van der Waals surface area contributed by atoms with Crippen molar-refractivity contribution in [2.24, 2.45) is 11.8 Å². The van der Waals surface area contributed by atoms with Gasteiger partial charge in [0.2, 0.25) is 5.91 Å². The second kappa shape index (κ2) is 9.18. The summed E-state index contributed by atoms with van der Waals surface area (Å²) >= 11 is 0. The van der Waals surface area contributed by atoms with Crippen molar-refractivity contribution in [3.8, 4) is 5.75 Å². The molecule has 0 aromatic heterocycles. The Hall–Kier alpha value is -2.73. The minimum Gasteiger partial charge on any atom is -0.508 e. The average molecular weight is 425 g/mol. The van der Waals surface area contributed by atoms with Crippen LogP contribution >= 0.6 is 0 Å². The molecule has 2 heterocycles. The number of nitrogens with one attached hydrogen (secondary N) is 1. The molecule has 2 saturated heterocycles. The lowest BCUT2D eigenvalue weighted by Crippen LogP contribution is -2.52. The zero-order valence-electron chi connectivity index (χ0n) is 17.8. The van der Waals surface area contributed by atoms with Crippen LogP contribution in [0.4, 0.5) is 4.39 Å². The largest absolute Gasteiger partial charge is 0.508 e. The van der Waals surface area contributed by atoms with E-state index in [0.717, 1.165) is 37.9 Å². The Balaban J connectivity index is 1.75. The zero-order valence-corrected chi connectivity index (χ0v) is 17.8. The number of likely N-dealkylation sites (tertiary alicyclic amines) is 1. The fourth-order valence-corrected chi connectivity index (χ4v) is 5.07. The van der Waals surface area contributed by atoms with Crippen LogP contribution in [0.15, 0.2) is 42.5 Å².